The van der Waals surface area contributed by atoms with Crippen LogP contribution in [-0.4, -0.2) is 37.7 Å². The van der Waals surface area contributed by atoms with Crippen molar-refractivity contribution < 1.29 is 38.1 Å². The van der Waals surface area contributed by atoms with E-state index in [9.17, 15) is 19.2 Å². The molecule has 2 heterocycles. The fourth-order valence-electron chi connectivity index (χ4n) is 3.67. The Kier molecular flexibility index (Phi) is 5.83. The van der Waals surface area contributed by atoms with Crippen LogP contribution in [0.1, 0.15) is 15.9 Å². The van der Waals surface area contributed by atoms with Gasteiger partial charge in [0.05, 0.1) is 18.4 Å². The number of nitrogens with zero attached hydrogens (tertiary/aromatic N) is 1. The number of esters is 1. The molecule has 1 saturated heterocycles. The number of imide groups is 2. The average Bonchev–Trinajstić information content (AvgIpc) is 3.35. The minimum absolute atomic E-state index is 0.0651. The second-order valence-corrected chi connectivity index (χ2v) is 7.65. The summed E-state index contributed by atoms with van der Waals surface area (Å²) in [5, 5.41) is 2.16. The van der Waals surface area contributed by atoms with Gasteiger partial charge < -0.3 is 18.9 Å². The third kappa shape index (κ3) is 4.23. The standard InChI is InChI=1S/C26H18N2O8/c1-33-18-7-4-6-17(13-18)28-24(30)19(23(29)27-26(28)32)11-15-5-2-3-8-20(15)36-25(31)16-9-10-21-22(12-16)35-14-34-21/h2-13H,14H2,1H3,(H,27,29,32)/b19-11-. The molecule has 0 aliphatic carbocycles. The van der Waals surface area contributed by atoms with E-state index in [-0.39, 0.29) is 34.9 Å². The molecule has 2 aliphatic rings. The van der Waals surface area contributed by atoms with Gasteiger partial charge in [-0.25, -0.2) is 14.5 Å². The van der Waals surface area contributed by atoms with Crippen LogP contribution in [0, 0.1) is 0 Å². The molecule has 3 aromatic carbocycles. The number of nitrogens with one attached hydrogen (secondary N) is 1. The largest absolute Gasteiger partial charge is 0.497 e. The number of carbonyl (C=O) groups excluding carboxylic acids is 4. The Hall–Kier alpha value is -5.12. The zero-order valence-electron chi connectivity index (χ0n) is 18.8. The monoisotopic (exact) mass is 486 g/mol. The number of barbiturate groups is 1. The molecule has 0 aromatic heterocycles. The molecular weight excluding hydrogens is 468 g/mol. The summed E-state index contributed by atoms with van der Waals surface area (Å²) in [7, 11) is 1.45. The number of amides is 4. The van der Waals surface area contributed by atoms with E-state index in [1.807, 2.05) is 0 Å². The molecule has 3 aromatic rings. The van der Waals surface area contributed by atoms with Gasteiger partial charge in [-0.15, -0.1) is 0 Å². The van der Waals surface area contributed by atoms with Crippen LogP contribution in [0.2, 0.25) is 0 Å². The van der Waals surface area contributed by atoms with Crippen LogP contribution in [0.15, 0.2) is 72.3 Å². The predicted molar refractivity (Wildman–Crippen MR) is 126 cm³/mol. The highest BCUT2D eigenvalue weighted by molar-refractivity contribution is 6.39. The Morgan fingerprint density at radius 3 is 2.61 bits per heavy atom. The second kappa shape index (κ2) is 9.26. The van der Waals surface area contributed by atoms with Gasteiger partial charge in [0, 0.05) is 11.6 Å². The number of carbonyl (C=O) groups is 4. The lowest BCUT2D eigenvalue weighted by Crippen LogP contribution is -2.54. The number of rotatable bonds is 5. The maximum absolute atomic E-state index is 13.2. The highest BCUT2D eigenvalue weighted by Crippen LogP contribution is 2.33. The Balaban J connectivity index is 1.45. The molecule has 2 aliphatic heterocycles. The minimum atomic E-state index is -0.891. The third-order valence-electron chi connectivity index (χ3n) is 5.44. The summed E-state index contributed by atoms with van der Waals surface area (Å²) < 4.78 is 21.3. The van der Waals surface area contributed by atoms with Gasteiger partial charge in [-0.2, -0.15) is 0 Å². The fourth-order valence-corrected chi connectivity index (χ4v) is 3.67. The van der Waals surface area contributed by atoms with E-state index < -0.39 is 23.8 Å². The number of benzene rings is 3. The lowest BCUT2D eigenvalue weighted by Gasteiger charge is -2.26. The van der Waals surface area contributed by atoms with Crippen molar-refractivity contribution in [3.8, 4) is 23.0 Å². The number of hydrogen-bond donors (Lipinski definition) is 1. The van der Waals surface area contributed by atoms with E-state index >= 15 is 0 Å². The average molecular weight is 486 g/mol. The Labute approximate surface area is 204 Å². The summed E-state index contributed by atoms with van der Waals surface area (Å²) in [5.74, 6) is -0.906. The van der Waals surface area contributed by atoms with Gasteiger partial charge in [0.25, 0.3) is 11.8 Å². The van der Waals surface area contributed by atoms with E-state index in [2.05, 4.69) is 5.32 Å². The van der Waals surface area contributed by atoms with Gasteiger partial charge in [0.1, 0.15) is 17.1 Å². The van der Waals surface area contributed by atoms with Crippen molar-refractivity contribution >= 4 is 35.6 Å². The van der Waals surface area contributed by atoms with Crippen LogP contribution < -0.4 is 29.2 Å². The van der Waals surface area contributed by atoms with Crippen LogP contribution >= 0.6 is 0 Å². The molecule has 0 radical (unpaired) electrons. The molecule has 10 nitrogen and oxygen atoms in total. The Bertz CT molecular complexity index is 1450. The van der Waals surface area contributed by atoms with Crippen LogP contribution in [0.3, 0.4) is 0 Å². The number of para-hydroxylation sites is 1. The minimum Gasteiger partial charge on any atom is -0.497 e. The van der Waals surface area contributed by atoms with Crippen molar-refractivity contribution in [1.82, 2.24) is 5.32 Å². The van der Waals surface area contributed by atoms with E-state index in [0.717, 1.165) is 4.90 Å². The van der Waals surface area contributed by atoms with Crippen molar-refractivity contribution in [1.29, 1.82) is 0 Å². The zero-order valence-corrected chi connectivity index (χ0v) is 18.8. The lowest BCUT2D eigenvalue weighted by atomic mass is 10.1. The molecular formula is C26H18N2O8. The summed E-state index contributed by atoms with van der Waals surface area (Å²) in [4.78, 5) is 51.9. The molecule has 0 saturated carbocycles. The lowest BCUT2D eigenvalue weighted by molar-refractivity contribution is -0.122. The summed E-state index contributed by atoms with van der Waals surface area (Å²) in [5.41, 5.74) is 0.412. The zero-order chi connectivity index (χ0) is 25.2. The van der Waals surface area contributed by atoms with Crippen LogP contribution in [0.5, 0.6) is 23.0 Å². The maximum atomic E-state index is 13.2. The molecule has 5 rings (SSSR count). The number of methoxy groups -OCH3 is 1. The summed E-state index contributed by atoms with van der Waals surface area (Å²) in [6, 6.07) is 16.4. The van der Waals surface area contributed by atoms with E-state index in [0.29, 0.717) is 17.2 Å². The molecule has 1 fully saturated rings. The van der Waals surface area contributed by atoms with Gasteiger partial charge in [0.15, 0.2) is 11.5 Å². The fraction of sp³-hybridized carbons (Fsp3) is 0.0769. The molecule has 0 atom stereocenters. The van der Waals surface area contributed by atoms with E-state index in [4.69, 9.17) is 18.9 Å². The van der Waals surface area contributed by atoms with Crippen molar-refractivity contribution in [2.75, 3.05) is 18.8 Å². The normalized spacial score (nSPS) is 15.6. The van der Waals surface area contributed by atoms with Crippen LogP contribution in [0.4, 0.5) is 10.5 Å². The van der Waals surface area contributed by atoms with Gasteiger partial charge in [-0.05, 0) is 42.5 Å². The highest BCUT2D eigenvalue weighted by Gasteiger charge is 2.37. The first-order valence-corrected chi connectivity index (χ1v) is 10.7. The molecule has 36 heavy (non-hydrogen) atoms. The first kappa shape index (κ1) is 22.7. The first-order chi connectivity index (χ1) is 17.4. The molecule has 10 heteroatoms. The maximum Gasteiger partial charge on any atom is 0.343 e. The van der Waals surface area contributed by atoms with Crippen molar-refractivity contribution in [2.45, 2.75) is 0 Å². The second-order valence-electron chi connectivity index (χ2n) is 7.65. The Morgan fingerprint density at radius 2 is 1.78 bits per heavy atom. The Morgan fingerprint density at radius 1 is 0.972 bits per heavy atom. The quantitative estimate of drug-likeness (QED) is 0.252. The van der Waals surface area contributed by atoms with Crippen LogP contribution in [-0.2, 0) is 9.59 Å². The number of anilines is 1. The van der Waals surface area contributed by atoms with Crippen molar-refractivity contribution in [2.24, 2.45) is 0 Å². The number of urea groups is 1. The van der Waals surface area contributed by atoms with Crippen LogP contribution in [0.25, 0.3) is 6.08 Å². The van der Waals surface area contributed by atoms with Crippen molar-refractivity contribution in [3.63, 3.8) is 0 Å². The third-order valence-corrected chi connectivity index (χ3v) is 5.44. The number of hydrogen-bond acceptors (Lipinski definition) is 8. The smallest absolute Gasteiger partial charge is 0.343 e. The SMILES string of the molecule is COc1cccc(N2C(=O)NC(=O)/C(=C/c3ccccc3OC(=O)c3ccc4c(c3)OCO4)C2=O)c1. The van der Waals surface area contributed by atoms with Gasteiger partial charge >= 0.3 is 12.0 Å². The molecule has 0 unspecified atom stereocenters. The molecule has 4 amide bonds. The molecule has 180 valence electrons. The van der Waals surface area contributed by atoms with Gasteiger partial charge in [-0.3, -0.25) is 14.9 Å². The number of fused-ring (bicyclic) bond motifs is 1. The summed E-state index contributed by atoms with van der Waals surface area (Å²) in [6.07, 6.45) is 1.26. The number of ether oxygens (including phenoxy) is 4. The first-order valence-electron chi connectivity index (χ1n) is 10.7. The topological polar surface area (TPSA) is 120 Å². The van der Waals surface area contributed by atoms with E-state index in [1.54, 1.807) is 36.4 Å². The predicted octanol–water partition coefficient (Wildman–Crippen LogP) is 3.31. The van der Waals surface area contributed by atoms with Gasteiger partial charge in [-0.1, -0.05) is 24.3 Å². The summed E-state index contributed by atoms with van der Waals surface area (Å²) in [6.45, 7) is 0.0651. The molecule has 0 bridgehead atoms. The molecule has 1 N–H and O–H groups in total. The van der Waals surface area contributed by atoms with E-state index in [1.165, 1.54) is 43.5 Å². The van der Waals surface area contributed by atoms with Crippen molar-refractivity contribution in [3.05, 3.63) is 83.4 Å². The molecule has 0 spiro atoms. The summed E-state index contributed by atoms with van der Waals surface area (Å²) >= 11 is 0. The highest BCUT2D eigenvalue weighted by atomic mass is 16.7. The van der Waals surface area contributed by atoms with Gasteiger partial charge in [0.2, 0.25) is 6.79 Å².